The van der Waals surface area contributed by atoms with E-state index in [0.717, 1.165) is 12.1 Å². The lowest BCUT2D eigenvalue weighted by Gasteiger charge is -2.40. The molecule has 1 aliphatic heterocycles. The van der Waals surface area contributed by atoms with Crippen molar-refractivity contribution in [2.24, 2.45) is 0 Å². The van der Waals surface area contributed by atoms with Crippen molar-refractivity contribution < 1.29 is 27.5 Å². The standard InChI is InChI=1S/C21H21F3IN3O3/c1-21(2,3)31-20(30)26-12-9-28(10-12)19(29)13-7-14(22)15(23)8-18(13)27-17-5-4-11(25)6-16(17)24/h4-8,12,27H,9-10H2,1-3H3,(H,26,30). The Balaban J connectivity index is 1.73. The highest BCUT2D eigenvalue weighted by molar-refractivity contribution is 14.1. The fraction of sp³-hybridized carbons (Fsp3) is 0.333. The summed E-state index contributed by atoms with van der Waals surface area (Å²) in [4.78, 5) is 26.1. The van der Waals surface area contributed by atoms with Crippen LogP contribution in [-0.2, 0) is 4.74 Å². The van der Waals surface area contributed by atoms with Gasteiger partial charge in [0, 0.05) is 22.7 Å². The molecule has 6 nitrogen and oxygen atoms in total. The Morgan fingerprint density at radius 1 is 1.03 bits per heavy atom. The largest absolute Gasteiger partial charge is 0.444 e. The van der Waals surface area contributed by atoms with Crippen LogP contribution in [0.15, 0.2) is 30.3 Å². The topological polar surface area (TPSA) is 70.7 Å². The summed E-state index contributed by atoms with van der Waals surface area (Å²) in [5.74, 6) is -3.53. The quantitative estimate of drug-likeness (QED) is 0.540. The molecule has 0 radical (unpaired) electrons. The van der Waals surface area contributed by atoms with Gasteiger partial charge < -0.3 is 20.3 Å². The van der Waals surface area contributed by atoms with E-state index in [1.807, 2.05) is 22.6 Å². The number of hydrogen-bond donors (Lipinski definition) is 2. The average molecular weight is 547 g/mol. The predicted octanol–water partition coefficient (Wildman–Crippen LogP) is 4.80. The van der Waals surface area contributed by atoms with E-state index in [4.69, 9.17) is 4.74 Å². The van der Waals surface area contributed by atoms with Crippen molar-refractivity contribution in [2.75, 3.05) is 18.4 Å². The summed E-state index contributed by atoms with van der Waals surface area (Å²) in [6.45, 7) is 5.55. The van der Waals surface area contributed by atoms with Gasteiger partial charge in [0.25, 0.3) is 5.91 Å². The van der Waals surface area contributed by atoms with Crippen LogP contribution in [0.25, 0.3) is 0 Å². The van der Waals surface area contributed by atoms with Gasteiger partial charge in [-0.3, -0.25) is 4.79 Å². The number of rotatable bonds is 4. The molecule has 1 fully saturated rings. The summed E-state index contributed by atoms with van der Waals surface area (Å²) in [6, 6.07) is 5.61. The molecule has 2 N–H and O–H groups in total. The number of amides is 2. The second-order valence-electron chi connectivity index (χ2n) is 8.11. The summed E-state index contributed by atoms with van der Waals surface area (Å²) in [5.41, 5.74) is -0.839. The highest BCUT2D eigenvalue weighted by Gasteiger charge is 2.34. The lowest BCUT2D eigenvalue weighted by molar-refractivity contribution is 0.0359. The Morgan fingerprint density at radius 2 is 1.68 bits per heavy atom. The first kappa shape index (κ1) is 23.2. The number of anilines is 2. The fourth-order valence-corrected chi connectivity index (χ4v) is 3.40. The Morgan fingerprint density at radius 3 is 2.29 bits per heavy atom. The van der Waals surface area contributed by atoms with Gasteiger partial charge in [0.15, 0.2) is 11.6 Å². The molecule has 1 heterocycles. The van der Waals surface area contributed by atoms with Crippen molar-refractivity contribution in [2.45, 2.75) is 32.4 Å². The van der Waals surface area contributed by atoms with Crippen molar-refractivity contribution >= 4 is 46.0 Å². The summed E-state index contributed by atoms with van der Waals surface area (Å²) in [6.07, 6.45) is -0.603. The number of carbonyl (C=O) groups is 2. The molecule has 0 bridgehead atoms. The number of nitrogens with one attached hydrogen (secondary N) is 2. The van der Waals surface area contributed by atoms with Gasteiger partial charge >= 0.3 is 6.09 Å². The molecule has 0 spiro atoms. The van der Waals surface area contributed by atoms with Crippen LogP contribution in [0.2, 0.25) is 0 Å². The molecule has 2 aromatic rings. The number of ether oxygens (including phenoxy) is 1. The minimum absolute atomic E-state index is 0.0218. The molecule has 166 valence electrons. The molecule has 2 amide bonds. The molecule has 0 atom stereocenters. The smallest absolute Gasteiger partial charge is 0.407 e. The Kier molecular flexibility index (Phi) is 6.68. The van der Waals surface area contributed by atoms with E-state index in [0.29, 0.717) is 3.57 Å². The van der Waals surface area contributed by atoms with Gasteiger partial charge in [0.1, 0.15) is 11.4 Å². The molecule has 10 heteroatoms. The van der Waals surface area contributed by atoms with Crippen LogP contribution in [-0.4, -0.2) is 41.6 Å². The molecule has 3 rings (SSSR count). The number of hydrogen-bond acceptors (Lipinski definition) is 4. The fourth-order valence-electron chi connectivity index (χ4n) is 2.94. The number of halogens is 4. The van der Waals surface area contributed by atoms with Crippen LogP contribution >= 0.6 is 22.6 Å². The van der Waals surface area contributed by atoms with Crippen LogP contribution in [0.3, 0.4) is 0 Å². The van der Waals surface area contributed by atoms with Gasteiger partial charge in [-0.15, -0.1) is 0 Å². The average Bonchev–Trinajstić information content (AvgIpc) is 2.61. The second-order valence-corrected chi connectivity index (χ2v) is 9.36. The van der Waals surface area contributed by atoms with E-state index in [1.165, 1.54) is 17.0 Å². The maximum absolute atomic E-state index is 14.2. The van der Waals surface area contributed by atoms with Crippen LogP contribution in [0.5, 0.6) is 0 Å². The zero-order valence-corrected chi connectivity index (χ0v) is 19.2. The van der Waals surface area contributed by atoms with Crippen LogP contribution in [0.4, 0.5) is 29.3 Å². The minimum atomic E-state index is -1.19. The van der Waals surface area contributed by atoms with Crippen molar-refractivity contribution in [3.05, 3.63) is 56.9 Å². The molecule has 0 aliphatic carbocycles. The lowest BCUT2D eigenvalue weighted by atomic mass is 10.0. The number of likely N-dealkylation sites (tertiary alicyclic amines) is 1. The van der Waals surface area contributed by atoms with Crippen LogP contribution in [0, 0.1) is 21.0 Å². The number of carbonyl (C=O) groups excluding carboxylic acids is 2. The Bertz CT molecular complexity index is 1020. The zero-order valence-electron chi connectivity index (χ0n) is 17.1. The third kappa shape index (κ3) is 5.81. The third-order valence-corrected chi connectivity index (χ3v) is 5.05. The van der Waals surface area contributed by atoms with E-state index in [2.05, 4.69) is 10.6 Å². The first-order valence-corrected chi connectivity index (χ1v) is 10.5. The van der Waals surface area contributed by atoms with Gasteiger partial charge in [0.05, 0.1) is 23.0 Å². The van der Waals surface area contributed by atoms with E-state index in [1.54, 1.807) is 26.8 Å². The van der Waals surface area contributed by atoms with Crippen LogP contribution < -0.4 is 10.6 Å². The molecule has 0 unspecified atom stereocenters. The summed E-state index contributed by atoms with van der Waals surface area (Å²) in [5, 5.41) is 5.31. The Hall–Kier alpha value is -2.50. The maximum atomic E-state index is 14.2. The predicted molar refractivity (Wildman–Crippen MR) is 118 cm³/mol. The summed E-state index contributed by atoms with van der Waals surface area (Å²) < 4.78 is 47.7. The van der Waals surface area contributed by atoms with Crippen molar-refractivity contribution in [3.63, 3.8) is 0 Å². The molecule has 1 aliphatic rings. The normalized spacial score (nSPS) is 14.1. The van der Waals surface area contributed by atoms with E-state index < -0.39 is 35.1 Å². The van der Waals surface area contributed by atoms with Gasteiger partial charge in [-0.1, -0.05) is 0 Å². The Labute approximate surface area is 191 Å². The minimum Gasteiger partial charge on any atom is -0.444 e. The highest BCUT2D eigenvalue weighted by Crippen LogP contribution is 2.28. The number of benzene rings is 2. The number of alkyl carbamates (subject to hydrolysis) is 1. The van der Waals surface area contributed by atoms with Gasteiger partial charge in [-0.05, 0) is 67.6 Å². The zero-order chi connectivity index (χ0) is 22.9. The lowest BCUT2D eigenvalue weighted by Crippen LogP contribution is -2.61. The second kappa shape index (κ2) is 8.93. The van der Waals surface area contributed by atoms with Crippen molar-refractivity contribution in [3.8, 4) is 0 Å². The number of nitrogens with zero attached hydrogens (tertiary/aromatic N) is 1. The van der Waals surface area contributed by atoms with Gasteiger partial charge in [-0.25, -0.2) is 18.0 Å². The van der Waals surface area contributed by atoms with Crippen molar-refractivity contribution in [1.29, 1.82) is 0 Å². The molecule has 31 heavy (non-hydrogen) atoms. The molecule has 0 aromatic heterocycles. The van der Waals surface area contributed by atoms with Crippen LogP contribution in [0.1, 0.15) is 31.1 Å². The van der Waals surface area contributed by atoms with E-state index >= 15 is 0 Å². The first-order valence-electron chi connectivity index (χ1n) is 9.43. The highest BCUT2D eigenvalue weighted by atomic mass is 127. The summed E-state index contributed by atoms with van der Waals surface area (Å²) in [7, 11) is 0. The monoisotopic (exact) mass is 547 g/mol. The molecular formula is C21H21F3IN3O3. The molecular weight excluding hydrogens is 526 g/mol. The molecule has 2 aromatic carbocycles. The van der Waals surface area contributed by atoms with E-state index in [9.17, 15) is 22.8 Å². The maximum Gasteiger partial charge on any atom is 0.407 e. The van der Waals surface area contributed by atoms with Crippen molar-refractivity contribution in [1.82, 2.24) is 10.2 Å². The first-order chi connectivity index (χ1) is 14.4. The molecule has 0 saturated carbocycles. The van der Waals surface area contributed by atoms with Gasteiger partial charge in [-0.2, -0.15) is 0 Å². The third-order valence-electron chi connectivity index (χ3n) is 4.38. The molecule has 1 saturated heterocycles. The SMILES string of the molecule is CC(C)(C)OC(=O)NC1CN(C(=O)c2cc(F)c(F)cc2Nc2ccc(I)cc2F)C1. The van der Waals surface area contributed by atoms with E-state index in [-0.39, 0.29) is 36.1 Å². The summed E-state index contributed by atoms with van der Waals surface area (Å²) >= 11 is 1.94. The van der Waals surface area contributed by atoms with Gasteiger partial charge in [0.2, 0.25) is 0 Å².